The number of Topliss-reactive ketones (excluding diaryl/α,β-unsaturated/α-hetero) is 1. The van der Waals surface area contributed by atoms with Crippen molar-refractivity contribution in [3.63, 3.8) is 0 Å². The van der Waals surface area contributed by atoms with Crippen LogP contribution in [-0.4, -0.2) is 91.7 Å². The number of nitrogens with zero attached hydrogens (tertiary/aromatic N) is 4. The number of aliphatic hydroxyl groups excluding tert-OH is 3. The molecule has 28 heavy (non-hydrogen) atoms. The molecule has 0 saturated carbocycles. The Morgan fingerprint density at radius 2 is 1.96 bits per heavy atom. The summed E-state index contributed by atoms with van der Waals surface area (Å²) in [7, 11) is 2.11. The van der Waals surface area contributed by atoms with Gasteiger partial charge in [0.15, 0.2) is 5.78 Å². The summed E-state index contributed by atoms with van der Waals surface area (Å²) in [5.41, 5.74) is 0.896. The molecular weight excluding hydrogens is 364 g/mol. The van der Waals surface area contributed by atoms with E-state index in [2.05, 4.69) is 36.1 Å². The second kappa shape index (κ2) is 10.4. The molecule has 0 amide bonds. The van der Waals surface area contributed by atoms with Gasteiger partial charge in [-0.15, -0.1) is 5.10 Å². The fourth-order valence-corrected chi connectivity index (χ4v) is 3.35. The van der Waals surface area contributed by atoms with Crippen molar-refractivity contribution in [2.75, 3.05) is 20.1 Å². The molecule has 0 bridgehead atoms. The van der Waals surface area contributed by atoms with Crippen molar-refractivity contribution in [2.24, 2.45) is 5.92 Å². The van der Waals surface area contributed by atoms with Crippen molar-refractivity contribution in [1.29, 1.82) is 0 Å². The number of carbonyl (C=O) groups excluding carboxylic acids is 1. The summed E-state index contributed by atoms with van der Waals surface area (Å²) in [5.74, 6) is 0.286. The molecule has 1 fully saturated rings. The molecule has 9 heteroatoms. The van der Waals surface area contributed by atoms with Gasteiger partial charge in [-0.05, 0) is 52.2 Å². The number of carbonyl (C=O) groups is 1. The van der Waals surface area contributed by atoms with Crippen molar-refractivity contribution >= 4 is 5.78 Å². The SMILES string of the molecule is CC(=O)C1OC(Cn2nncc2CCCN(C)CCC(C)C)C(O)C(O)C1O. The number of rotatable bonds is 10. The first-order chi connectivity index (χ1) is 13.2. The van der Waals surface area contributed by atoms with E-state index in [1.807, 2.05) is 0 Å². The standard InChI is InChI=1S/C19H34N4O5/c1-12(2)7-9-22(4)8-5-6-14-10-20-21-23(14)11-15-16(25)17(26)18(27)19(28-15)13(3)24/h10,12,15-19,25-27H,5-9,11H2,1-4H3. The second-order valence-electron chi connectivity index (χ2n) is 8.17. The lowest BCUT2D eigenvalue weighted by atomic mass is 9.93. The van der Waals surface area contributed by atoms with Gasteiger partial charge in [-0.1, -0.05) is 19.1 Å². The highest BCUT2D eigenvalue weighted by Gasteiger charge is 2.45. The van der Waals surface area contributed by atoms with Gasteiger partial charge in [0, 0.05) is 0 Å². The summed E-state index contributed by atoms with van der Waals surface area (Å²) in [6, 6.07) is 0. The van der Waals surface area contributed by atoms with Crippen LogP contribution in [0.3, 0.4) is 0 Å². The number of ether oxygens (including phenoxy) is 1. The zero-order valence-electron chi connectivity index (χ0n) is 17.2. The van der Waals surface area contributed by atoms with E-state index in [0.717, 1.165) is 31.6 Å². The van der Waals surface area contributed by atoms with Gasteiger partial charge in [-0.25, -0.2) is 4.68 Å². The van der Waals surface area contributed by atoms with E-state index in [-0.39, 0.29) is 6.54 Å². The maximum absolute atomic E-state index is 11.7. The van der Waals surface area contributed by atoms with E-state index < -0.39 is 36.3 Å². The predicted octanol–water partition coefficient (Wildman–Crippen LogP) is -0.372. The fourth-order valence-electron chi connectivity index (χ4n) is 3.35. The van der Waals surface area contributed by atoms with Crippen molar-refractivity contribution in [2.45, 2.75) is 77.1 Å². The molecule has 1 aromatic heterocycles. The average Bonchev–Trinajstić information content (AvgIpc) is 3.07. The molecule has 0 radical (unpaired) electrons. The highest BCUT2D eigenvalue weighted by molar-refractivity contribution is 5.81. The highest BCUT2D eigenvalue weighted by atomic mass is 16.5. The van der Waals surface area contributed by atoms with E-state index in [1.165, 1.54) is 13.3 Å². The lowest BCUT2D eigenvalue weighted by Crippen LogP contribution is -2.60. The number of ketones is 1. The highest BCUT2D eigenvalue weighted by Crippen LogP contribution is 2.23. The van der Waals surface area contributed by atoms with E-state index in [0.29, 0.717) is 5.92 Å². The summed E-state index contributed by atoms with van der Waals surface area (Å²) in [6.45, 7) is 7.87. The van der Waals surface area contributed by atoms with Gasteiger partial charge in [0.25, 0.3) is 0 Å². The summed E-state index contributed by atoms with van der Waals surface area (Å²) in [6.07, 6.45) is -1.68. The van der Waals surface area contributed by atoms with Crippen molar-refractivity contribution in [3.8, 4) is 0 Å². The van der Waals surface area contributed by atoms with Crippen LogP contribution in [0.25, 0.3) is 0 Å². The van der Waals surface area contributed by atoms with Crippen LogP contribution in [0.4, 0.5) is 0 Å². The second-order valence-corrected chi connectivity index (χ2v) is 8.17. The molecule has 2 heterocycles. The summed E-state index contributed by atoms with van der Waals surface area (Å²) in [5, 5.41) is 38.2. The molecule has 5 unspecified atom stereocenters. The molecule has 160 valence electrons. The number of aliphatic hydroxyl groups is 3. The molecule has 3 N–H and O–H groups in total. The topological polar surface area (TPSA) is 121 Å². The van der Waals surface area contributed by atoms with Crippen molar-refractivity contribution in [3.05, 3.63) is 11.9 Å². The molecule has 5 atom stereocenters. The Hall–Kier alpha value is -1.39. The number of hydrogen-bond acceptors (Lipinski definition) is 8. The smallest absolute Gasteiger partial charge is 0.161 e. The molecule has 1 aromatic rings. The van der Waals surface area contributed by atoms with Crippen LogP contribution in [0, 0.1) is 5.92 Å². The quantitative estimate of drug-likeness (QED) is 0.488. The first-order valence-electron chi connectivity index (χ1n) is 9.96. The lowest BCUT2D eigenvalue weighted by Gasteiger charge is -2.39. The van der Waals surface area contributed by atoms with Crippen LogP contribution in [0.1, 0.15) is 39.3 Å². The third kappa shape index (κ3) is 6.05. The van der Waals surface area contributed by atoms with Gasteiger partial charge in [-0.3, -0.25) is 4.79 Å². The minimum absolute atomic E-state index is 0.146. The largest absolute Gasteiger partial charge is 0.388 e. The molecule has 1 saturated heterocycles. The van der Waals surface area contributed by atoms with Crippen molar-refractivity contribution in [1.82, 2.24) is 19.9 Å². The maximum Gasteiger partial charge on any atom is 0.161 e. The normalized spacial score (nSPS) is 28.2. The average molecular weight is 399 g/mol. The zero-order valence-corrected chi connectivity index (χ0v) is 17.2. The van der Waals surface area contributed by atoms with Crippen LogP contribution >= 0.6 is 0 Å². The molecule has 0 aromatic carbocycles. The summed E-state index contributed by atoms with van der Waals surface area (Å²) < 4.78 is 7.19. The van der Waals surface area contributed by atoms with Crippen LogP contribution in [0.15, 0.2) is 6.20 Å². The monoisotopic (exact) mass is 398 g/mol. The van der Waals surface area contributed by atoms with Crippen LogP contribution in [-0.2, 0) is 22.5 Å². The molecule has 2 rings (SSSR count). The van der Waals surface area contributed by atoms with Crippen molar-refractivity contribution < 1.29 is 24.9 Å². The van der Waals surface area contributed by atoms with Crippen LogP contribution in [0.5, 0.6) is 0 Å². The Balaban J connectivity index is 1.91. The van der Waals surface area contributed by atoms with E-state index >= 15 is 0 Å². The predicted molar refractivity (Wildman–Crippen MR) is 103 cm³/mol. The van der Waals surface area contributed by atoms with E-state index in [4.69, 9.17) is 4.74 Å². The zero-order chi connectivity index (χ0) is 20.8. The Bertz CT molecular complexity index is 623. The molecule has 0 spiro atoms. The van der Waals surface area contributed by atoms with Gasteiger partial charge in [0.1, 0.15) is 30.5 Å². The molecule has 1 aliphatic heterocycles. The summed E-state index contributed by atoms with van der Waals surface area (Å²) in [4.78, 5) is 14.0. The Kier molecular flexibility index (Phi) is 8.51. The molecular formula is C19H34N4O5. The molecule has 9 nitrogen and oxygen atoms in total. The first-order valence-corrected chi connectivity index (χ1v) is 9.96. The third-order valence-corrected chi connectivity index (χ3v) is 5.22. The molecule has 1 aliphatic rings. The fraction of sp³-hybridized carbons (Fsp3) is 0.842. The minimum atomic E-state index is -1.45. The van der Waals surface area contributed by atoms with E-state index in [1.54, 1.807) is 10.9 Å². The van der Waals surface area contributed by atoms with Crippen LogP contribution in [0.2, 0.25) is 0 Å². The Morgan fingerprint density at radius 3 is 2.61 bits per heavy atom. The van der Waals surface area contributed by atoms with Gasteiger partial charge in [0.2, 0.25) is 0 Å². The Labute approximate surface area is 166 Å². The van der Waals surface area contributed by atoms with E-state index in [9.17, 15) is 20.1 Å². The Morgan fingerprint density at radius 1 is 1.25 bits per heavy atom. The first kappa shape index (κ1) is 22.9. The van der Waals surface area contributed by atoms with Crippen LogP contribution < -0.4 is 0 Å². The third-order valence-electron chi connectivity index (χ3n) is 5.22. The maximum atomic E-state index is 11.7. The van der Waals surface area contributed by atoms with Gasteiger partial charge in [0.05, 0.1) is 18.4 Å². The van der Waals surface area contributed by atoms with Gasteiger partial charge < -0.3 is 25.0 Å². The number of aromatic nitrogens is 3. The number of hydrogen-bond donors (Lipinski definition) is 3. The molecule has 0 aliphatic carbocycles. The summed E-state index contributed by atoms with van der Waals surface area (Å²) >= 11 is 0. The number of aryl methyl sites for hydroxylation is 1. The lowest BCUT2D eigenvalue weighted by molar-refractivity contribution is -0.222. The van der Waals surface area contributed by atoms with Gasteiger partial charge >= 0.3 is 0 Å². The van der Waals surface area contributed by atoms with Gasteiger partial charge in [-0.2, -0.15) is 0 Å². The minimum Gasteiger partial charge on any atom is -0.388 e.